The van der Waals surface area contributed by atoms with Gasteiger partial charge in [-0.2, -0.15) is 5.26 Å². The van der Waals surface area contributed by atoms with Gasteiger partial charge in [0.05, 0.1) is 23.7 Å². The molecule has 1 aliphatic rings. The van der Waals surface area contributed by atoms with E-state index in [1.165, 1.54) is 19.3 Å². The lowest BCUT2D eigenvalue weighted by molar-refractivity contribution is -0.145. The highest BCUT2D eigenvalue weighted by molar-refractivity contribution is 6.32. The highest BCUT2D eigenvalue weighted by Crippen LogP contribution is 2.37. The van der Waals surface area contributed by atoms with Crippen LogP contribution in [0.3, 0.4) is 0 Å². The van der Waals surface area contributed by atoms with Gasteiger partial charge < -0.3 is 29.2 Å². The Morgan fingerprint density at radius 1 is 1.07 bits per heavy atom. The number of benzene rings is 3. The molecule has 0 spiro atoms. The molecule has 2 N–H and O–H groups in total. The lowest BCUT2D eigenvalue weighted by Gasteiger charge is -2.20. The van der Waals surface area contributed by atoms with Crippen molar-refractivity contribution in [3.8, 4) is 40.2 Å². The second kappa shape index (κ2) is 14.3. The van der Waals surface area contributed by atoms with Crippen LogP contribution >= 0.6 is 11.6 Å². The number of halogens is 1. The monoisotopic (exact) mass is 641 g/mol. The summed E-state index contributed by atoms with van der Waals surface area (Å²) < 4.78 is 23.8. The number of aliphatic carboxylic acids is 1. The number of aliphatic hydroxyl groups excluding tert-OH is 1. The summed E-state index contributed by atoms with van der Waals surface area (Å²) in [6, 6.07) is 18.9. The number of carboxylic acids is 1. The molecule has 1 atom stereocenters. The van der Waals surface area contributed by atoms with Crippen molar-refractivity contribution in [3.05, 3.63) is 99.8 Å². The van der Waals surface area contributed by atoms with Crippen LogP contribution in [0.1, 0.15) is 34.7 Å². The van der Waals surface area contributed by atoms with Gasteiger partial charge in [0.15, 0.2) is 11.5 Å². The van der Waals surface area contributed by atoms with Crippen LogP contribution in [0.4, 0.5) is 0 Å². The summed E-state index contributed by atoms with van der Waals surface area (Å²) >= 11 is 6.67. The van der Waals surface area contributed by atoms with Crippen LogP contribution in [-0.4, -0.2) is 47.2 Å². The summed E-state index contributed by atoms with van der Waals surface area (Å²) in [5.74, 6) is 1.03. The first-order valence-electron chi connectivity index (χ1n) is 14.5. The molecule has 1 aromatic heterocycles. The molecule has 0 saturated heterocycles. The summed E-state index contributed by atoms with van der Waals surface area (Å²) in [7, 11) is 0. The predicted octanol–water partition coefficient (Wildman–Crippen LogP) is 6.17. The molecule has 4 aromatic rings. The highest BCUT2D eigenvalue weighted by Gasteiger charge is 2.30. The lowest BCUT2D eigenvalue weighted by Crippen LogP contribution is -2.33. The maximum Gasteiger partial charge on any atom is 0.317 e. The van der Waals surface area contributed by atoms with Gasteiger partial charge >= 0.3 is 5.97 Å². The minimum atomic E-state index is -1.54. The first-order chi connectivity index (χ1) is 22.2. The number of carbonyl (C=O) groups is 1. The van der Waals surface area contributed by atoms with E-state index in [0.29, 0.717) is 52.2 Å². The number of nitrogens with zero attached hydrogens (tertiary/aromatic N) is 3. The van der Waals surface area contributed by atoms with Crippen molar-refractivity contribution >= 4 is 23.8 Å². The van der Waals surface area contributed by atoms with Crippen molar-refractivity contribution in [1.82, 2.24) is 4.98 Å². The van der Waals surface area contributed by atoms with Crippen molar-refractivity contribution in [3.63, 3.8) is 0 Å². The van der Waals surface area contributed by atoms with Crippen molar-refractivity contribution in [2.45, 2.75) is 33.6 Å². The average molecular weight is 642 g/mol. The molecule has 1 unspecified atom stereocenters. The quantitative estimate of drug-likeness (QED) is 0.174. The maximum atomic E-state index is 11.6. The first-order valence-corrected chi connectivity index (χ1v) is 14.8. The molecular formula is C35H32ClN3O7. The zero-order chi connectivity index (χ0) is 32.7. The number of nitriles is 1. The van der Waals surface area contributed by atoms with E-state index in [1.54, 1.807) is 24.4 Å². The number of rotatable bonds is 12. The summed E-state index contributed by atoms with van der Waals surface area (Å²) in [5.41, 5.74) is 4.13. The molecule has 1 aliphatic heterocycles. The zero-order valence-corrected chi connectivity index (χ0v) is 26.1. The van der Waals surface area contributed by atoms with Gasteiger partial charge in [0.1, 0.15) is 49.4 Å². The summed E-state index contributed by atoms with van der Waals surface area (Å²) in [6.07, 6.45) is 4.27. The standard InChI is InChI=1S/C35H32ClN3O7/c1-22-26(4-3-5-28(22)25-6-7-30-33(12-25)44-9-8-43-30)19-46-32-13-31(45-18-24-10-23(14-37)15-38-16-24)27(11-29(32)36)17-39-20-35(2,21-40)34(41)42/h3-7,10-13,15-16,20,40H,8-9,17-19,21H2,1-2H3,(H,41,42). The molecule has 0 bridgehead atoms. The van der Waals surface area contributed by atoms with Gasteiger partial charge in [-0.1, -0.05) is 35.9 Å². The average Bonchev–Trinajstić information content (AvgIpc) is 3.07. The Labute approximate surface area is 271 Å². The van der Waals surface area contributed by atoms with Gasteiger partial charge in [0, 0.05) is 35.8 Å². The number of carboxylic acid groups (broad SMARTS) is 1. The molecule has 5 rings (SSSR count). The Morgan fingerprint density at radius 3 is 2.61 bits per heavy atom. The Bertz CT molecular complexity index is 1820. The number of pyridine rings is 1. The predicted molar refractivity (Wildman–Crippen MR) is 172 cm³/mol. The van der Waals surface area contributed by atoms with Gasteiger partial charge in [-0.25, -0.2) is 0 Å². The number of hydrogen-bond acceptors (Lipinski definition) is 9. The van der Waals surface area contributed by atoms with Crippen LogP contribution in [0, 0.1) is 23.7 Å². The molecule has 0 fully saturated rings. The maximum absolute atomic E-state index is 11.6. The van der Waals surface area contributed by atoms with Gasteiger partial charge in [0.2, 0.25) is 0 Å². The van der Waals surface area contributed by atoms with Crippen LogP contribution in [0.5, 0.6) is 23.0 Å². The fourth-order valence-corrected chi connectivity index (χ4v) is 5.00. The molecule has 0 radical (unpaired) electrons. The largest absolute Gasteiger partial charge is 0.488 e. The molecule has 11 heteroatoms. The van der Waals surface area contributed by atoms with Crippen molar-refractivity contribution < 1.29 is 34.0 Å². The molecule has 236 valence electrons. The molecule has 3 aromatic carbocycles. The van der Waals surface area contributed by atoms with E-state index in [4.69, 9.17) is 30.5 Å². The molecule has 46 heavy (non-hydrogen) atoms. The second-order valence-electron chi connectivity index (χ2n) is 11.0. The number of aliphatic hydroxyl groups is 1. The summed E-state index contributed by atoms with van der Waals surface area (Å²) in [5, 5.41) is 28.6. The Balaban J connectivity index is 1.39. The first kappa shape index (κ1) is 32.3. The topological polar surface area (TPSA) is 143 Å². The van der Waals surface area contributed by atoms with Gasteiger partial charge in [-0.15, -0.1) is 0 Å². The van der Waals surface area contributed by atoms with Crippen LogP contribution in [0.15, 0.2) is 72.0 Å². The van der Waals surface area contributed by atoms with Crippen molar-refractivity contribution in [2.24, 2.45) is 10.4 Å². The number of fused-ring (bicyclic) bond motifs is 1. The molecule has 2 heterocycles. The fourth-order valence-electron chi connectivity index (χ4n) is 4.76. The van der Waals surface area contributed by atoms with Crippen LogP contribution in [0.2, 0.25) is 5.02 Å². The molecule has 0 aliphatic carbocycles. The van der Waals surface area contributed by atoms with E-state index < -0.39 is 18.0 Å². The molecular weight excluding hydrogens is 610 g/mol. The zero-order valence-electron chi connectivity index (χ0n) is 25.3. The minimum Gasteiger partial charge on any atom is -0.488 e. The van der Waals surface area contributed by atoms with Crippen LogP contribution in [-0.2, 0) is 24.6 Å². The number of aromatic nitrogens is 1. The lowest BCUT2D eigenvalue weighted by atomic mass is 9.94. The number of hydrogen-bond donors (Lipinski definition) is 2. The Kier molecular flexibility index (Phi) is 10.1. The Hall–Kier alpha value is -5.11. The van der Waals surface area contributed by atoms with Crippen molar-refractivity contribution in [2.75, 3.05) is 19.8 Å². The molecule has 0 saturated carbocycles. The smallest absolute Gasteiger partial charge is 0.317 e. The van der Waals surface area contributed by atoms with E-state index in [2.05, 4.69) is 16.0 Å². The van der Waals surface area contributed by atoms with Gasteiger partial charge in [-0.05, 0) is 60.4 Å². The third kappa shape index (κ3) is 7.40. The summed E-state index contributed by atoms with van der Waals surface area (Å²) in [4.78, 5) is 19.9. The van der Waals surface area contributed by atoms with Crippen molar-refractivity contribution in [1.29, 1.82) is 5.26 Å². The minimum absolute atomic E-state index is 0.0331. The fraction of sp³-hybridized carbons (Fsp3) is 0.257. The number of aliphatic imine (C=N–C) groups is 1. The van der Waals surface area contributed by atoms with E-state index in [-0.39, 0.29) is 19.8 Å². The third-order valence-corrected chi connectivity index (χ3v) is 7.87. The number of ether oxygens (including phenoxy) is 4. The van der Waals surface area contributed by atoms with Crippen LogP contribution < -0.4 is 18.9 Å². The Morgan fingerprint density at radius 2 is 1.85 bits per heavy atom. The highest BCUT2D eigenvalue weighted by atomic mass is 35.5. The third-order valence-electron chi connectivity index (χ3n) is 7.57. The van der Waals surface area contributed by atoms with E-state index in [1.807, 2.05) is 43.3 Å². The second-order valence-corrected chi connectivity index (χ2v) is 11.4. The van der Waals surface area contributed by atoms with E-state index in [0.717, 1.165) is 28.0 Å². The molecule has 0 amide bonds. The SMILES string of the molecule is Cc1c(COc2cc(OCc3cncc(C#N)c3)c(CN=CC(C)(CO)C(=O)O)cc2Cl)cccc1-c1ccc2c(c1)OCCO2. The molecule has 10 nitrogen and oxygen atoms in total. The van der Waals surface area contributed by atoms with Gasteiger partial charge in [0.25, 0.3) is 0 Å². The van der Waals surface area contributed by atoms with E-state index >= 15 is 0 Å². The van der Waals surface area contributed by atoms with Gasteiger partial charge in [-0.3, -0.25) is 14.8 Å². The normalized spacial score (nSPS) is 13.5. The van der Waals surface area contributed by atoms with E-state index in [9.17, 15) is 20.3 Å². The van der Waals surface area contributed by atoms with Crippen LogP contribution in [0.25, 0.3) is 11.1 Å². The summed E-state index contributed by atoms with van der Waals surface area (Å²) in [6.45, 7) is 4.19.